The van der Waals surface area contributed by atoms with Crippen LogP contribution in [-0.2, 0) is 13.1 Å². The van der Waals surface area contributed by atoms with Gasteiger partial charge in [-0.05, 0) is 19.1 Å². The normalized spacial score (nSPS) is 14.3. The van der Waals surface area contributed by atoms with Gasteiger partial charge in [0.2, 0.25) is 0 Å². The number of carboxylic acids is 1. The molecule has 6 heteroatoms. The molecule has 0 fully saturated rings. The Kier molecular flexibility index (Phi) is 2.70. The van der Waals surface area contributed by atoms with Crippen LogP contribution in [0, 0.1) is 6.92 Å². The van der Waals surface area contributed by atoms with E-state index in [0.29, 0.717) is 12.1 Å². The average molecular weight is 258 g/mol. The predicted octanol–water partition coefficient (Wildman–Crippen LogP) is 1.30. The van der Waals surface area contributed by atoms with Crippen molar-refractivity contribution in [3.8, 4) is 0 Å². The summed E-state index contributed by atoms with van der Waals surface area (Å²) in [6, 6.07) is 5.50. The summed E-state index contributed by atoms with van der Waals surface area (Å²) in [6.07, 6.45) is 1.71. The Morgan fingerprint density at radius 3 is 3.00 bits per heavy atom. The van der Waals surface area contributed by atoms with E-state index in [4.69, 9.17) is 0 Å². The van der Waals surface area contributed by atoms with Gasteiger partial charge in [0.1, 0.15) is 6.33 Å². The van der Waals surface area contributed by atoms with Crippen molar-refractivity contribution in [2.75, 3.05) is 11.4 Å². The first kappa shape index (κ1) is 11.7. The molecule has 0 radical (unpaired) electrons. The number of carboxylic acid groups (broad SMARTS) is 1. The summed E-state index contributed by atoms with van der Waals surface area (Å²) in [7, 11) is 0. The van der Waals surface area contributed by atoms with Crippen LogP contribution in [0.3, 0.4) is 0 Å². The van der Waals surface area contributed by atoms with Crippen LogP contribution < -0.4 is 4.90 Å². The number of benzene rings is 1. The first-order valence-corrected chi connectivity index (χ1v) is 6.11. The van der Waals surface area contributed by atoms with Crippen molar-refractivity contribution >= 4 is 11.7 Å². The van der Waals surface area contributed by atoms with Crippen molar-refractivity contribution in [2.24, 2.45) is 0 Å². The number of aryl methyl sites for hydroxylation is 1. The molecule has 1 aliphatic rings. The fourth-order valence-corrected chi connectivity index (χ4v) is 2.37. The third-order valence-corrected chi connectivity index (χ3v) is 3.36. The molecule has 6 nitrogen and oxygen atoms in total. The second-order valence-corrected chi connectivity index (χ2v) is 4.69. The Balaban J connectivity index is 1.98. The molecule has 19 heavy (non-hydrogen) atoms. The minimum Gasteiger partial charge on any atom is -0.478 e. The molecule has 0 atom stereocenters. The molecule has 1 aromatic carbocycles. The summed E-state index contributed by atoms with van der Waals surface area (Å²) < 4.78 is 1.99. The van der Waals surface area contributed by atoms with Gasteiger partial charge < -0.3 is 14.6 Å². The van der Waals surface area contributed by atoms with E-state index in [1.165, 1.54) is 0 Å². The molecule has 0 unspecified atom stereocenters. The summed E-state index contributed by atoms with van der Waals surface area (Å²) in [5.41, 5.74) is 2.03. The van der Waals surface area contributed by atoms with Crippen molar-refractivity contribution in [1.82, 2.24) is 14.8 Å². The van der Waals surface area contributed by atoms with Gasteiger partial charge in [-0.1, -0.05) is 11.6 Å². The van der Waals surface area contributed by atoms with Gasteiger partial charge in [0.25, 0.3) is 0 Å². The summed E-state index contributed by atoms with van der Waals surface area (Å²) >= 11 is 0. The molecule has 98 valence electrons. The van der Waals surface area contributed by atoms with E-state index in [-0.39, 0.29) is 0 Å². The fourth-order valence-electron chi connectivity index (χ4n) is 2.37. The standard InChI is InChI=1S/C13H14N4O2/c1-9-2-3-11(10(6-9)13(18)19)16-4-5-17-8-14-15-12(17)7-16/h2-3,6,8H,4-5,7H2,1H3,(H,18,19). The zero-order valence-corrected chi connectivity index (χ0v) is 10.6. The highest BCUT2D eigenvalue weighted by atomic mass is 16.4. The molecule has 1 N–H and O–H groups in total. The van der Waals surface area contributed by atoms with Gasteiger partial charge in [-0.15, -0.1) is 10.2 Å². The number of nitrogens with zero attached hydrogens (tertiary/aromatic N) is 4. The van der Waals surface area contributed by atoms with Gasteiger partial charge in [0.15, 0.2) is 5.82 Å². The maximum Gasteiger partial charge on any atom is 0.337 e. The van der Waals surface area contributed by atoms with Crippen LogP contribution in [0.25, 0.3) is 0 Å². The van der Waals surface area contributed by atoms with Crippen LogP contribution in [0.15, 0.2) is 24.5 Å². The summed E-state index contributed by atoms with van der Waals surface area (Å²) in [6.45, 7) is 4.01. The van der Waals surface area contributed by atoms with E-state index in [0.717, 1.165) is 30.2 Å². The van der Waals surface area contributed by atoms with Crippen molar-refractivity contribution in [2.45, 2.75) is 20.0 Å². The zero-order valence-electron chi connectivity index (χ0n) is 10.6. The second kappa shape index (κ2) is 4.38. The van der Waals surface area contributed by atoms with E-state index >= 15 is 0 Å². The van der Waals surface area contributed by atoms with Crippen molar-refractivity contribution in [3.63, 3.8) is 0 Å². The minimum atomic E-state index is -0.897. The van der Waals surface area contributed by atoms with Gasteiger partial charge in [0.05, 0.1) is 17.8 Å². The molecule has 0 aliphatic carbocycles. The highest BCUT2D eigenvalue weighted by Crippen LogP contribution is 2.25. The lowest BCUT2D eigenvalue weighted by molar-refractivity contribution is 0.0697. The molecule has 1 aromatic heterocycles. The largest absolute Gasteiger partial charge is 0.478 e. The smallest absolute Gasteiger partial charge is 0.337 e. The number of aromatic carboxylic acids is 1. The van der Waals surface area contributed by atoms with Crippen LogP contribution >= 0.6 is 0 Å². The molecule has 1 aliphatic heterocycles. The lowest BCUT2D eigenvalue weighted by atomic mass is 10.1. The minimum absolute atomic E-state index is 0.341. The molecule has 0 amide bonds. The number of aromatic nitrogens is 3. The lowest BCUT2D eigenvalue weighted by Crippen LogP contribution is -2.34. The number of anilines is 1. The maximum atomic E-state index is 11.4. The Labute approximate surface area is 110 Å². The number of hydrogen-bond donors (Lipinski definition) is 1. The molecule has 0 saturated heterocycles. The van der Waals surface area contributed by atoms with Gasteiger partial charge in [-0.2, -0.15) is 0 Å². The highest BCUT2D eigenvalue weighted by Gasteiger charge is 2.21. The van der Waals surface area contributed by atoms with Gasteiger partial charge in [0, 0.05) is 13.1 Å². The van der Waals surface area contributed by atoms with Gasteiger partial charge >= 0.3 is 5.97 Å². The second-order valence-electron chi connectivity index (χ2n) is 4.69. The SMILES string of the molecule is Cc1ccc(N2CCn3cnnc3C2)c(C(=O)O)c1. The molecule has 2 aromatic rings. The van der Waals surface area contributed by atoms with Crippen LogP contribution in [0.1, 0.15) is 21.7 Å². The monoisotopic (exact) mass is 258 g/mol. The molecule has 0 bridgehead atoms. The molecule has 0 saturated carbocycles. The van der Waals surface area contributed by atoms with E-state index in [1.807, 2.05) is 28.5 Å². The van der Waals surface area contributed by atoms with Crippen molar-refractivity contribution < 1.29 is 9.90 Å². The molecule has 2 heterocycles. The Bertz CT molecular complexity index is 635. The third-order valence-electron chi connectivity index (χ3n) is 3.36. The van der Waals surface area contributed by atoms with E-state index in [1.54, 1.807) is 12.4 Å². The first-order chi connectivity index (χ1) is 9.15. The topological polar surface area (TPSA) is 71.2 Å². The number of fused-ring (bicyclic) bond motifs is 1. The third kappa shape index (κ3) is 2.05. The highest BCUT2D eigenvalue weighted by molar-refractivity contribution is 5.94. The number of carbonyl (C=O) groups is 1. The van der Waals surface area contributed by atoms with Gasteiger partial charge in [-0.3, -0.25) is 0 Å². The fraction of sp³-hybridized carbons (Fsp3) is 0.308. The maximum absolute atomic E-state index is 11.4. The van der Waals surface area contributed by atoms with Crippen LogP contribution in [-0.4, -0.2) is 32.4 Å². The van der Waals surface area contributed by atoms with Crippen molar-refractivity contribution in [1.29, 1.82) is 0 Å². The van der Waals surface area contributed by atoms with E-state index in [9.17, 15) is 9.90 Å². The van der Waals surface area contributed by atoms with Gasteiger partial charge in [-0.25, -0.2) is 4.79 Å². The quantitative estimate of drug-likeness (QED) is 0.879. The lowest BCUT2D eigenvalue weighted by Gasteiger charge is -2.30. The molecular formula is C13H14N4O2. The van der Waals surface area contributed by atoms with Crippen molar-refractivity contribution in [3.05, 3.63) is 41.5 Å². The Morgan fingerprint density at radius 2 is 2.21 bits per heavy atom. The number of hydrogen-bond acceptors (Lipinski definition) is 4. The zero-order chi connectivity index (χ0) is 13.4. The molecule has 3 rings (SSSR count). The van der Waals surface area contributed by atoms with Crippen LogP contribution in [0.2, 0.25) is 0 Å². The van der Waals surface area contributed by atoms with E-state index < -0.39 is 5.97 Å². The molecular weight excluding hydrogens is 244 g/mol. The first-order valence-electron chi connectivity index (χ1n) is 6.11. The Hall–Kier alpha value is -2.37. The van der Waals surface area contributed by atoms with E-state index in [2.05, 4.69) is 10.2 Å². The summed E-state index contributed by atoms with van der Waals surface area (Å²) in [5, 5.41) is 17.2. The van der Waals surface area contributed by atoms with Crippen LogP contribution in [0.4, 0.5) is 5.69 Å². The number of rotatable bonds is 2. The van der Waals surface area contributed by atoms with Crippen LogP contribution in [0.5, 0.6) is 0 Å². The molecule has 0 spiro atoms. The predicted molar refractivity (Wildman–Crippen MR) is 69.2 cm³/mol. The summed E-state index contributed by atoms with van der Waals surface area (Å²) in [5.74, 6) is -0.0334. The Morgan fingerprint density at radius 1 is 1.37 bits per heavy atom. The average Bonchev–Trinajstić information content (AvgIpc) is 2.85. The summed E-state index contributed by atoms with van der Waals surface area (Å²) in [4.78, 5) is 13.4.